The number of likely N-dealkylation sites (tertiary alicyclic amines) is 1. The fourth-order valence-corrected chi connectivity index (χ4v) is 3.33. The summed E-state index contributed by atoms with van der Waals surface area (Å²) in [6.45, 7) is 7.66. The second kappa shape index (κ2) is 8.45. The van der Waals surface area contributed by atoms with Crippen LogP contribution in [-0.4, -0.2) is 73.6 Å². The van der Waals surface area contributed by atoms with Gasteiger partial charge in [-0.1, -0.05) is 19.1 Å². The number of ether oxygens (including phenoxy) is 1. The van der Waals surface area contributed by atoms with Crippen LogP contribution >= 0.6 is 0 Å². The zero-order valence-corrected chi connectivity index (χ0v) is 14.9. The number of hydrogen-bond donors (Lipinski definition) is 1. The molecule has 0 saturated carbocycles. The molecule has 2 heterocycles. The van der Waals surface area contributed by atoms with Crippen LogP contribution in [0.5, 0.6) is 0 Å². The first-order chi connectivity index (χ1) is 12.2. The maximum Gasteiger partial charge on any atom is 0.251 e. The first-order valence-electron chi connectivity index (χ1n) is 9.13. The van der Waals surface area contributed by atoms with Gasteiger partial charge in [0.1, 0.15) is 0 Å². The van der Waals surface area contributed by atoms with Gasteiger partial charge in [0, 0.05) is 44.7 Å². The van der Waals surface area contributed by atoms with Gasteiger partial charge in [-0.2, -0.15) is 0 Å². The van der Waals surface area contributed by atoms with Crippen molar-refractivity contribution in [3.8, 4) is 0 Å². The van der Waals surface area contributed by atoms with Crippen molar-refractivity contribution in [1.29, 1.82) is 0 Å². The van der Waals surface area contributed by atoms with Crippen LogP contribution in [0, 0.1) is 0 Å². The molecule has 3 rings (SSSR count). The second-order valence-electron chi connectivity index (χ2n) is 6.72. The number of aryl methyl sites for hydroxylation is 1. The number of amides is 2. The number of carbonyl (C=O) groups excluding carboxylic acids is 2. The van der Waals surface area contributed by atoms with Crippen molar-refractivity contribution in [3.63, 3.8) is 0 Å². The summed E-state index contributed by atoms with van der Waals surface area (Å²) in [5.41, 5.74) is 1.86. The molecule has 2 aliphatic heterocycles. The number of nitrogens with one attached hydrogen (secondary N) is 1. The number of hydrogen-bond acceptors (Lipinski definition) is 4. The molecule has 1 unspecified atom stereocenters. The molecule has 2 amide bonds. The Morgan fingerprint density at radius 1 is 1.20 bits per heavy atom. The van der Waals surface area contributed by atoms with Crippen LogP contribution in [-0.2, 0) is 16.0 Å². The van der Waals surface area contributed by atoms with E-state index in [-0.39, 0.29) is 17.9 Å². The summed E-state index contributed by atoms with van der Waals surface area (Å²) in [4.78, 5) is 28.7. The molecule has 6 heteroatoms. The van der Waals surface area contributed by atoms with Crippen LogP contribution in [0.1, 0.15) is 29.3 Å². The highest BCUT2D eigenvalue weighted by Gasteiger charge is 2.30. The van der Waals surface area contributed by atoms with Gasteiger partial charge in [-0.15, -0.1) is 0 Å². The Bertz CT molecular complexity index is 596. The third-order valence-corrected chi connectivity index (χ3v) is 4.96. The largest absolute Gasteiger partial charge is 0.379 e. The van der Waals surface area contributed by atoms with Gasteiger partial charge >= 0.3 is 0 Å². The Morgan fingerprint density at radius 3 is 2.60 bits per heavy atom. The molecule has 1 aromatic rings. The van der Waals surface area contributed by atoms with E-state index < -0.39 is 0 Å². The van der Waals surface area contributed by atoms with Crippen molar-refractivity contribution in [2.45, 2.75) is 25.8 Å². The lowest BCUT2D eigenvalue weighted by Gasteiger charge is -2.28. The van der Waals surface area contributed by atoms with Crippen molar-refractivity contribution in [1.82, 2.24) is 15.1 Å². The molecule has 1 aromatic carbocycles. The third-order valence-electron chi connectivity index (χ3n) is 4.96. The van der Waals surface area contributed by atoms with Gasteiger partial charge < -0.3 is 15.0 Å². The fourth-order valence-electron chi connectivity index (χ4n) is 3.33. The van der Waals surface area contributed by atoms with Crippen molar-refractivity contribution in [3.05, 3.63) is 35.4 Å². The molecule has 136 valence electrons. The predicted molar refractivity (Wildman–Crippen MR) is 95.5 cm³/mol. The van der Waals surface area contributed by atoms with Crippen LogP contribution in [0.2, 0.25) is 0 Å². The summed E-state index contributed by atoms with van der Waals surface area (Å²) in [6, 6.07) is 7.55. The van der Waals surface area contributed by atoms with E-state index in [9.17, 15) is 9.59 Å². The van der Waals surface area contributed by atoms with Gasteiger partial charge in [-0.25, -0.2) is 0 Å². The van der Waals surface area contributed by atoms with Gasteiger partial charge in [0.05, 0.1) is 19.3 Å². The van der Waals surface area contributed by atoms with E-state index >= 15 is 0 Å². The highest BCUT2D eigenvalue weighted by Crippen LogP contribution is 2.13. The van der Waals surface area contributed by atoms with E-state index in [1.807, 2.05) is 29.2 Å². The van der Waals surface area contributed by atoms with Crippen LogP contribution in [0.3, 0.4) is 0 Å². The van der Waals surface area contributed by atoms with E-state index in [0.29, 0.717) is 18.5 Å². The molecule has 2 aliphatic rings. The smallest absolute Gasteiger partial charge is 0.251 e. The lowest BCUT2D eigenvalue weighted by atomic mass is 10.1. The van der Waals surface area contributed by atoms with Crippen LogP contribution < -0.4 is 5.32 Å². The molecule has 0 aromatic heterocycles. The standard InChI is InChI=1S/C19H27N3O3/c1-2-15-3-5-16(6-4-15)19(24)20-17-13-18(23)22(14-17)8-7-21-9-11-25-12-10-21/h3-6,17H,2,7-14H2,1H3,(H,20,24). The molecule has 6 nitrogen and oxygen atoms in total. The number of nitrogens with zero attached hydrogens (tertiary/aromatic N) is 2. The first-order valence-corrected chi connectivity index (χ1v) is 9.13. The maximum absolute atomic E-state index is 12.4. The minimum atomic E-state index is -0.101. The minimum Gasteiger partial charge on any atom is -0.379 e. The van der Waals surface area contributed by atoms with E-state index in [4.69, 9.17) is 4.74 Å². The van der Waals surface area contributed by atoms with Gasteiger partial charge in [0.15, 0.2) is 0 Å². The molecule has 1 atom stereocenters. The zero-order valence-electron chi connectivity index (χ0n) is 14.9. The van der Waals surface area contributed by atoms with Crippen LogP contribution in [0.4, 0.5) is 0 Å². The van der Waals surface area contributed by atoms with Gasteiger partial charge in [0.2, 0.25) is 5.91 Å². The molecule has 0 aliphatic carbocycles. The average Bonchev–Trinajstić information content (AvgIpc) is 3.00. The van der Waals surface area contributed by atoms with Gasteiger partial charge in [-0.3, -0.25) is 14.5 Å². The number of benzene rings is 1. The van der Waals surface area contributed by atoms with E-state index in [0.717, 1.165) is 45.8 Å². The van der Waals surface area contributed by atoms with Crippen molar-refractivity contribution in [2.75, 3.05) is 45.9 Å². The summed E-state index contributed by atoms with van der Waals surface area (Å²) in [5, 5.41) is 3.00. The normalized spacial score (nSPS) is 21.6. The minimum absolute atomic E-state index is 0.101. The molecule has 0 radical (unpaired) electrons. The molecule has 25 heavy (non-hydrogen) atoms. The third kappa shape index (κ3) is 4.80. The lowest BCUT2D eigenvalue weighted by molar-refractivity contribution is -0.128. The Labute approximate surface area is 149 Å². The molecule has 0 bridgehead atoms. The SMILES string of the molecule is CCc1ccc(C(=O)NC2CC(=O)N(CCN3CCOCC3)C2)cc1. The first kappa shape index (κ1) is 17.9. The Morgan fingerprint density at radius 2 is 1.92 bits per heavy atom. The Balaban J connectivity index is 1.47. The summed E-state index contributed by atoms with van der Waals surface area (Å²) in [6.07, 6.45) is 1.35. The summed E-state index contributed by atoms with van der Waals surface area (Å²) in [7, 11) is 0. The van der Waals surface area contributed by atoms with Crippen LogP contribution in [0.15, 0.2) is 24.3 Å². The summed E-state index contributed by atoms with van der Waals surface area (Å²) >= 11 is 0. The summed E-state index contributed by atoms with van der Waals surface area (Å²) < 4.78 is 5.34. The fraction of sp³-hybridized carbons (Fsp3) is 0.579. The van der Waals surface area contributed by atoms with Crippen molar-refractivity contribution in [2.24, 2.45) is 0 Å². The average molecular weight is 345 g/mol. The maximum atomic E-state index is 12.4. The lowest BCUT2D eigenvalue weighted by Crippen LogP contribution is -2.42. The highest BCUT2D eigenvalue weighted by molar-refractivity contribution is 5.95. The van der Waals surface area contributed by atoms with Gasteiger partial charge in [0.25, 0.3) is 5.91 Å². The highest BCUT2D eigenvalue weighted by atomic mass is 16.5. The van der Waals surface area contributed by atoms with Gasteiger partial charge in [-0.05, 0) is 24.1 Å². The van der Waals surface area contributed by atoms with E-state index in [2.05, 4.69) is 17.1 Å². The molecule has 1 N–H and O–H groups in total. The molecule has 2 fully saturated rings. The molecule has 0 spiro atoms. The quantitative estimate of drug-likeness (QED) is 0.833. The monoisotopic (exact) mass is 345 g/mol. The molecular weight excluding hydrogens is 318 g/mol. The predicted octanol–water partition coefficient (Wildman–Crippen LogP) is 0.912. The topological polar surface area (TPSA) is 61.9 Å². The van der Waals surface area contributed by atoms with Crippen molar-refractivity contribution >= 4 is 11.8 Å². The number of carbonyl (C=O) groups is 2. The number of rotatable bonds is 6. The molecule has 2 saturated heterocycles. The van der Waals surface area contributed by atoms with Crippen molar-refractivity contribution < 1.29 is 14.3 Å². The second-order valence-corrected chi connectivity index (χ2v) is 6.72. The molecular formula is C19H27N3O3. The van der Waals surface area contributed by atoms with E-state index in [1.54, 1.807) is 0 Å². The van der Waals surface area contributed by atoms with E-state index in [1.165, 1.54) is 5.56 Å². The summed E-state index contributed by atoms with van der Waals surface area (Å²) in [5.74, 6) is 0.0235. The Hall–Kier alpha value is -1.92. The zero-order chi connectivity index (χ0) is 17.6. The van der Waals surface area contributed by atoms with Crippen LogP contribution in [0.25, 0.3) is 0 Å². The number of morpholine rings is 1. The Kier molecular flexibility index (Phi) is 6.04.